The Kier molecular flexibility index (Phi) is 3.60. The zero-order valence-electron chi connectivity index (χ0n) is 13.4. The molecule has 0 fully saturated rings. The van der Waals surface area contributed by atoms with E-state index >= 15 is 0 Å². The van der Waals surface area contributed by atoms with Gasteiger partial charge in [-0.3, -0.25) is 4.79 Å². The predicted molar refractivity (Wildman–Crippen MR) is 87.3 cm³/mol. The number of hydrogen-bond acceptors (Lipinski definition) is 4. The first-order valence-corrected chi connectivity index (χ1v) is 7.95. The van der Waals surface area contributed by atoms with Crippen molar-refractivity contribution in [2.75, 3.05) is 6.54 Å². The fourth-order valence-electron chi connectivity index (χ4n) is 3.30. The Balaban J connectivity index is 1.64. The number of aromatic amines is 1. The average molecular weight is 322 g/mol. The van der Waals surface area contributed by atoms with Gasteiger partial charge in [-0.05, 0) is 18.9 Å². The molecule has 1 aromatic carbocycles. The van der Waals surface area contributed by atoms with Crippen molar-refractivity contribution >= 4 is 5.91 Å². The lowest BCUT2D eigenvalue weighted by atomic mass is 10.0. The van der Waals surface area contributed by atoms with E-state index < -0.39 is 0 Å². The molecule has 2 aromatic heterocycles. The quantitative estimate of drug-likeness (QED) is 0.797. The second-order valence-corrected chi connectivity index (χ2v) is 6.00. The lowest BCUT2D eigenvalue weighted by Gasteiger charge is -2.34. The number of hydrogen-bond donors (Lipinski definition) is 1. The summed E-state index contributed by atoms with van der Waals surface area (Å²) in [4.78, 5) is 21.4. The van der Waals surface area contributed by atoms with Crippen molar-refractivity contribution < 1.29 is 4.79 Å². The summed E-state index contributed by atoms with van der Waals surface area (Å²) in [6.07, 6.45) is 4.07. The minimum absolute atomic E-state index is 0.107. The molecule has 1 N–H and O–H groups in total. The van der Waals surface area contributed by atoms with E-state index in [2.05, 4.69) is 36.9 Å². The number of carbonyl (C=O) groups excluding carboxylic acids is 1. The third kappa shape index (κ3) is 2.58. The monoisotopic (exact) mass is 322 g/mol. The SMILES string of the molecule is Cc1nnc2n1[C@H](Cc1ccccc1)CN(C(=O)c1ncc[nH]1)C2. The van der Waals surface area contributed by atoms with Gasteiger partial charge in [-0.1, -0.05) is 30.3 Å². The molecule has 1 aliphatic rings. The summed E-state index contributed by atoms with van der Waals surface area (Å²) in [5.41, 5.74) is 1.23. The first kappa shape index (κ1) is 14.6. The molecule has 24 heavy (non-hydrogen) atoms. The minimum Gasteiger partial charge on any atom is -0.341 e. The van der Waals surface area contributed by atoms with E-state index in [1.54, 1.807) is 17.3 Å². The van der Waals surface area contributed by atoms with E-state index in [0.717, 1.165) is 18.1 Å². The van der Waals surface area contributed by atoms with Crippen LogP contribution < -0.4 is 0 Å². The van der Waals surface area contributed by atoms with Crippen LogP contribution in [0, 0.1) is 6.92 Å². The average Bonchev–Trinajstić information content (AvgIpc) is 3.25. The number of aryl methyl sites for hydroxylation is 1. The number of aromatic nitrogens is 5. The lowest BCUT2D eigenvalue weighted by Crippen LogP contribution is -2.42. The highest BCUT2D eigenvalue weighted by molar-refractivity contribution is 5.90. The van der Waals surface area contributed by atoms with E-state index in [9.17, 15) is 4.79 Å². The van der Waals surface area contributed by atoms with Crippen LogP contribution >= 0.6 is 0 Å². The maximum atomic E-state index is 12.7. The first-order valence-electron chi connectivity index (χ1n) is 7.95. The van der Waals surface area contributed by atoms with Gasteiger partial charge in [-0.2, -0.15) is 0 Å². The Morgan fingerprint density at radius 2 is 2.12 bits per heavy atom. The number of carbonyl (C=O) groups is 1. The van der Waals surface area contributed by atoms with Crippen LogP contribution in [0.2, 0.25) is 0 Å². The largest absolute Gasteiger partial charge is 0.341 e. The van der Waals surface area contributed by atoms with Crippen molar-refractivity contribution in [1.82, 2.24) is 29.6 Å². The predicted octanol–water partition coefficient (Wildman–Crippen LogP) is 1.75. The Morgan fingerprint density at radius 1 is 1.29 bits per heavy atom. The number of amides is 1. The Hall–Kier alpha value is -2.96. The van der Waals surface area contributed by atoms with Gasteiger partial charge in [0.1, 0.15) is 5.82 Å². The molecule has 0 saturated heterocycles. The zero-order valence-corrected chi connectivity index (χ0v) is 13.4. The Labute approximate surface area is 139 Å². The summed E-state index contributed by atoms with van der Waals surface area (Å²) in [5.74, 6) is 1.96. The molecule has 4 rings (SSSR count). The number of H-pyrrole nitrogens is 1. The van der Waals surface area contributed by atoms with Gasteiger partial charge in [-0.25, -0.2) is 4.98 Å². The van der Waals surface area contributed by atoms with Gasteiger partial charge in [-0.15, -0.1) is 10.2 Å². The second-order valence-electron chi connectivity index (χ2n) is 6.00. The van der Waals surface area contributed by atoms with Crippen molar-refractivity contribution in [1.29, 1.82) is 0 Å². The molecule has 3 heterocycles. The summed E-state index contributed by atoms with van der Waals surface area (Å²) in [6, 6.07) is 10.4. The summed E-state index contributed by atoms with van der Waals surface area (Å²) >= 11 is 0. The molecule has 0 bridgehead atoms. The molecule has 0 unspecified atom stereocenters. The van der Waals surface area contributed by atoms with Crippen LogP contribution in [0.4, 0.5) is 0 Å². The maximum Gasteiger partial charge on any atom is 0.290 e. The third-order valence-electron chi connectivity index (χ3n) is 4.37. The van der Waals surface area contributed by atoms with Gasteiger partial charge in [0.25, 0.3) is 5.91 Å². The topological polar surface area (TPSA) is 79.7 Å². The summed E-state index contributed by atoms with van der Waals surface area (Å²) in [5, 5.41) is 8.45. The highest BCUT2D eigenvalue weighted by Gasteiger charge is 2.31. The van der Waals surface area contributed by atoms with Crippen LogP contribution in [0.15, 0.2) is 42.7 Å². The van der Waals surface area contributed by atoms with Gasteiger partial charge in [0.05, 0.1) is 12.6 Å². The van der Waals surface area contributed by atoms with Crippen molar-refractivity contribution in [2.45, 2.75) is 25.9 Å². The second kappa shape index (κ2) is 5.92. The molecular weight excluding hydrogens is 304 g/mol. The standard InChI is InChI=1S/C17H18N6O/c1-12-20-21-15-11-22(17(24)16-18-7-8-19-16)10-14(23(12)15)9-13-5-3-2-4-6-13/h2-8,14H,9-11H2,1H3,(H,18,19)/t14-/m1/s1. The molecule has 1 aliphatic heterocycles. The number of nitrogens with zero attached hydrogens (tertiary/aromatic N) is 5. The minimum atomic E-state index is -0.107. The number of imidazole rings is 1. The molecule has 1 atom stereocenters. The van der Waals surface area contributed by atoms with Crippen molar-refractivity contribution in [3.63, 3.8) is 0 Å². The van der Waals surface area contributed by atoms with Gasteiger partial charge >= 0.3 is 0 Å². The molecule has 122 valence electrons. The van der Waals surface area contributed by atoms with Crippen molar-refractivity contribution in [3.05, 3.63) is 65.8 Å². The van der Waals surface area contributed by atoms with Gasteiger partial charge < -0.3 is 14.5 Å². The van der Waals surface area contributed by atoms with E-state index in [0.29, 0.717) is 18.9 Å². The van der Waals surface area contributed by atoms with E-state index in [4.69, 9.17) is 0 Å². The number of nitrogens with one attached hydrogen (secondary N) is 1. The highest BCUT2D eigenvalue weighted by atomic mass is 16.2. The molecule has 7 nitrogen and oxygen atoms in total. The first-order chi connectivity index (χ1) is 11.7. The van der Waals surface area contributed by atoms with Crippen LogP contribution in [-0.4, -0.2) is 42.1 Å². The number of rotatable bonds is 3. The molecule has 0 radical (unpaired) electrons. The summed E-state index contributed by atoms with van der Waals surface area (Å²) in [7, 11) is 0. The van der Waals surface area contributed by atoms with Crippen LogP contribution in [0.25, 0.3) is 0 Å². The lowest BCUT2D eigenvalue weighted by molar-refractivity contribution is 0.0660. The number of benzene rings is 1. The van der Waals surface area contributed by atoms with Crippen LogP contribution in [-0.2, 0) is 13.0 Å². The Bertz CT molecular complexity index is 839. The normalized spacial score (nSPS) is 16.9. The van der Waals surface area contributed by atoms with Crippen LogP contribution in [0.5, 0.6) is 0 Å². The molecular formula is C17H18N6O. The fourth-order valence-corrected chi connectivity index (χ4v) is 3.30. The van der Waals surface area contributed by atoms with Crippen molar-refractivity contribution in [3.8, 4) is 0 Å². The van der Waals surface area contributed by atoms with Crippen LogP contribution in [0.1, 0.15) is 33.9 Å². The molecule has 0 spiro atoms. The molecule has 7 heteroatoms. The van der Waals surface area contributed by atoms with Crippen molar-refractivity contribution in [2.24, 2.45) is 0 Å². The van der Waals surface area contributed by atoms with Crippen LogP contribution in [0.3, 0.4) is 0 Å². The van der Waals surface area contributed by atoms with E-state index in [1.165, 1.54) is 5.56 Å². The third-order valence-corrected chi connectivity index (χ3v) is 4.37. The van der Waals surface area contributed by atoms with E-state index in [1.807, 2.05) is 25.1 Å². The molecule has 0 saturated carbocycles. The van der Waals surface area contributed by atoms with Gasteiger partial charge in [0.2, 0.25) is 0 Å². The molecule has 1 amide bonds. The fraction of sp³-hybridized carbons (Fsp3) is 0.294. The smallest absolute Gasteiger partial charge is 0.290 e. The summed E-state index contributed by atoms with van der Waals surface area (Å²) in [6.45, 7) is 3.02. The highest BCUT2D eigenvalue weighted by Crippen LogP contribution is 2.25. The Morgan fingerprint density at radius 3 is 2.88 bits per heavy atom. The maximum absolute atomic E-state index is 12.7. The molecule has 0 aliphatic carbocycles. The molecule has 3 aromatic rings. The van der Waals surface area contributed by atoms with E-state index in [-0.39, 0.29) is 11.9 Å². The summed E-state index contributed by atoms with van der Waals surface area (Å²) < 4.78 is 2.15. The zero-order chi connectivity index (χ0) is 16.5. The number of fused-ring (bicyclic) bond motifs is 1. The van der Waals surface area contributed by atoms with Gasteiger partial charge in [0.15, 0.2) is 11.6 Å². The van der Waals surface area contributed by atoms with Gasteiger partial charge in [0, 0.05) is 18.9 Å².